The van der Waals surface area contributed by atoms with Crippen LogP contribution in [-0.4, -0.2) is 51.5 Å². The predicted molar refractivity (Wildman–Crippen MR) is 122 cm³/mol. The Morgan fingerprint density at radius 2 is 1.81 bits per heavy atom. The van der Waals surface area contributed by atoms with Crippen molar-refractivity contribution in [2.45, 2.75) is 31.1 Å². The summed E-state index contributed by atoms with van der Waals surface area (Å²) in [6.45, 7) is 4.03. The van der Waals surface area contributed by atoms with E-state index >= 15 is 0 Å². The van der Waals surface area contributed by atoms with Gasteiger partial charge in [-0.15, -0.1) is 0 Å². The summed E-state index contributed by atoms with van der Waals surface area (Å²) >= 11 is 6.27. The highest BCUT2D eigenvalue weighted by Crippen LogP contribution is 2.38. The van der Waals surface area contributed by atoms with Crippen molar-refractivity contribution in [2.24, 2.45) is 5.92 Å². The topological polar surface area (TPSA) is 84.9 Å². The number of nitrogens with one attached hydrogen (secondary N) is 1. The molecule has 9 heteroatoms. The number of aryl methyl sites for hydroxylation is 1. The van der Waals surface area contributed by atoms with Crippen LogP contribution in [0.2, 0.25) is 5.02 Å². The van der Waals surface area contributed by atoms with Crippen LogP contribution in [0.15, 0.2) is 41.3 Å². The smallest absolute Gasteiger partial charge is 0.243 e. The van der Waals surface area contributed by atoms with E-state index in [0.717, 1.165) is 11.1 Å². The monoisotopic (exact) mass is 478 g/mol. The number of sulfonamides is 1. The zero-order valence-corrected chi connectivity index (χ0v) is 19.5. The minimum Gasteiger partial charge on any atom is -0.486 e. The van der Waals surface area contributed by atoms with Crippen LogP contribution in [0, 0.1) is 12.8 Å². The van der Waals surface area contributed by atoms with E-state index in [9.17, 15) is 13.2 Å². The molecular weight excluding hydrogens is 452 g/mol. The Morgan fingerprint density at radius 3 is 2.53 bits per heavy atom. The minimum absolute atomic E-state index is 0.0407. The van der Waals surface area contributed by atoms with Gasteiger partial charge in [0.15, 0.2) is 11.5 Å². The first kappa shape index (κ1) is 22.9. The van der Waals surface area contributed by atoms with Gasteiger partial charge in [0, 0.05) is 25.6 Å². The molecule has 7 nitrogen and oxygen atoms in total. The molecule has 2 aliphatic rings. The standard InChI is InChI=1S/C23H27ClN2O5S/c1-16-2-4-19(5-3-16)32(28,29)26-10-7-18(8-11-26)23(27)25-9-6-17-14-20(24)22-21(15-17)30-12-13-31-22/h2-5,14-15,18H,6-13H2,1H3,(H,25,27). The van der Waals surface area contributed by atoms with Gasteiger partial charge in [-0.3, -0.25) is 4.79 Å². The van der Waals surface area contributed by atoms with Crippen LogP contribution in [0.25, 0.3) is 0 Å². The average molecular weight is 479 g/mol. The van der Waals surface area contributed by atoms with Crippen molar-refractivity contribution in [3.8, 4) is 11.5 Å². The number of fused-ring (bicyclic) bond motifs is 1. The molecule has 2 heterocycles. The second-order valence-corrected chi connectivity index (χ2v) is 10.5. The highest BCUT2D eigenvalue weighted by molar-refractivity contribution is 7.89. The third-order valence-electron chi connectivity index (χ3n) is 5.85. The van der Waals surface area contributed by atoms with Crippen LogP contribution in [-0.2, 0) is 21.2 Å². The maximum absolute atomic E-state index is 12.8. The molecule has 1 saturated heterocycles. The van der Waals surface area contributed by atoms with Crippen molar-refractivity contribution < 1.29 is 22.7 Å². The highest BCUT2D eigenvalue weighted by atomic mass is 35.5. The van der Waals surface area contributed by atoms with E-state index in [2.05, 4.69) is 5.32 Å². The van der Waals surface area contributed by atoms with E-state index in [1.54, 1.807) is 24.3 Å². The summed E-state index contributed by atoms with van der Waals surface area (Å²) in [4.78, 5) is 12.9. The van der Waals surface area contributed by atoms with E-state index in [4.69, 9.17) is 21.1 Å². The zero-order chi connectivity index (χ0) is 22.7. The largest absolute Gasteiger partial charge is 0.486 e. The lowest BCUT2D eigenvalue weighted by Crippen LogP contribution is -2.43. The lowest BCUT2D eigenvalue weighted by molar-refractivity contribution is -0.126. The number of hydrogen-bond donors (Lipinski definition) is 1. The normalized spacial score (nSPS) is 17.2. The van der Waals surface area contributed by atoms with Crippen LogP contribution in [0.3, 0.4) is 0 Å². The van der Waals surface area contributed by atoms with Gasteiger partial charge in [0.25, 0.3) is 0 Å². The second-order valence-electron chi connectivity index (χ2n) is 8.13. The summed E-state index contributed by atoms with van der Waals surface area (Å²) in [5, 5.41) is 3.48. The number of ether oxygens (including phenoxy) is 2. The van der Waals surface area contributed by atoms with Gasteiger partial charge in [-0.1, -0.05) is 29.3 Å². The van der Waals surface area contributed by atoms with Gasteiger partial charge in [0.1, 0.15) is 13.2 Å². The number of piperidine rings is 1. The Hall–Kier alpha value is -2.29. The molecule has 0 atom stereocenters. The first-order valence-corrected chi connectivity index (χ1v) is 12.6. The Balaban J connectivity index is 1.27. The molecule has 1 N–H and O–H groups in total. The molecule has 32 heavy (non-hydrogen) atoms. The molecule has 1 amide bonds. The van der Waals surface area contributed by atoms with Crippen molar-refractivity contribution in [1.82, 2.24) is 9.62 Å². The molecule has 0 unspecified atom stereocenters. The third kappa shape index (κ3) is 5.03. The summed E-state index contributed by atoms with van der Waals surface area (Å²) in [5.74, 6) is 0.967. The molecule has 2 aromatic carbocycles. The lowest BCUT2D eigenvalue weighted by atomic mass is 9.97. The molecule has 172 valence electrons. The summed E-state index contributed by atoms with van der Waals surface area (Å²) < 4.78 is 38.2. The zero-order valence-electron chi connectivity index (χ0n) is 18.0. The average Bonchev–Trinajstić information content (AvgIpc) is 2.79. The quantitative estimate of drug-likeness (QED) is 0.689. The molecule has 0 bridgehead atoms. The predicted octanol–water partition coefficient (Wildman–Crippen LogP) is 3.18. The van der Waals surface area contributed by atoms with Gasteiger partial charge < -0.3 is 14.8 Å². The summed E-state index contributed by atoms with van der Waals surface area (Å²) in [7, 11) is -3.53. The minimum atomic E-state index is -3.53. The highest BCUT2D eigenvalue weighted by Gasteiger charge is 2.32. The van der Waals surface area contributed by atoms with Crippen LogP contribution in [0.1, 0.15) is 24.0 Å². The maximum atomic E-state index is 12.8. The number of rotatable bonds is 6. The molecule has 1 fully saturated rings. The molecule has 2 aliphatic heterocycles. The molecule has 4 rings (SSSR count). The third-order valence-corrected chi connectivity index (χ3v) is 8.05. The molecule has 0 radical (unpaired) electrons. The van der Waals surface area contributed by atoms with E-state index in [0.29, 0.717) is 73.5 Å². The molecule has 0 aliphatic carbocycles. The molecule has 0 aromatic heterocycles. The van der Waals surface area contributed by atoms with E-state index in [1.165, 1.54) is 4.31 Å². The number of carbonyl (C=O) groups excluding carboxylic acids is 1. The first-order chi connectivity index (χ1) is 15.3. The van der Waals surface area contributed by atoms with Gasteiger partial charge in [-0.2, -0.15) is 4.31 Å². The van der Waals surface area contributed by atoms with Gasteiger partial charge in [0.2, 0.25) is 15.9 Å². The van der Waals surface area contributed by atoms with Crippen LogP contribution in [0.4, 0.5) is 0 Å². The molecule has 0 spiro atoms. The van der Waals surface area contributed by atoms with Crippen molar-refractivity contribution >= 4 is 27.5 Å². The Labute approximate surface area is 193 Å². The van der Waals surface area contributed by atoms with Gasteiger partial charge >= 0.3 is 0 Å². The SMILES string of the molecule is Cc1ccc(S(=O)(=O)N2CCC(C(=O)NCCc3cc(Cl)c4c(c3)OCCO4)CC2)cc1. The summed E-state index contributed by atoms with van der Waals surface area (Å²) in [6.07, 6.45) is 1.63. The van der Waals surface area contributed by atoms with Crippen molar-refractivity contribution in [3.05, 3.63) is 52.5 Å². The fourth-order valence-corrected chi connectivity index (χ4v) is 5.76. The Bertz CT molecular complexity index is 1080. The van der Waals surface area contributed by atoms with E-state index < -0.39 is 10.0 Å². The maximum Gasteiger partial charge on any atom is 0.243 e. The van der Waals surface area contributed by atoms with Gasteiger partial charge in [0.05, 0.1) is 9.92 Å². The second kappa shape index (κ2) is 9.68. The summed E-state index contributed by atoms with van der Waals surface area (Å²) in [5.41, 5.74) is 1.97. The Kier molecular flexibility index (Phi) is 6.93. The Morgan fingerprint density at radius 1 is 1.12 bits per heavy atom. The van der Waals surface area contributed by atoms with Crippen LogP contribution < -0.4 is 14.8 Å². The number of nitrogens with zero attached hydrogens (tertiary/aromatic N) is 1. The lowest BCUT2D eigenvalue weighted by Gasteiger charge is -2.30. The van der Waals surface area contributed by atoms with Crippen molar-refractivity contribution in [2.75, 3.05) is 32.8 Å². The molecule has 2 aromatic rings. The van der Waals surface area contributed by atoms with E-state index in [1.807, 2.05) is 19.1 Å². The van der Waals surface area contributed by atoms with Crippen LogP contribution in [0.5, 0.6) is 11.5 Å². The number of carbonyl (C=O) groups is 1. The summed E-state index contributed by atoms with van der Waals surface area (Å²) in [6, 6.07) is 10.6. The molecule has 0 saturated carbocycles. The number of hydrogen-bond acceptors (Lipinski definition) is 5. The molecular formula is C23H27ClN2O5S. The fourth-order valence-electron chi connectivity index (χ4n) is 4.00. The van der Waals surface area contributed by atoms with Gasteiger partial charge in [-0.25, -0.2) is 8.42 Å². The van der Waals surface area contributed by atoms with Crippen LogP contribution >= 0.6 is 11.6 Å². The first-order valence-electron chi connectivity index (χ1n) is 10.8. The van der Waals surface area contributed by atoms with E-state index in [-0.39, 0.29) is 11.8 Å². The van der Waals surface area contributed by atoms with Crippen molar-refractivity contribution in [1.29, 1.82) is 0 Å². The fraction of sp³-hybridized carbons (Fsp3) is 0.435. The van der Waals surface area contributed by atoms with Gasteiger partial charge in [-0.05, 0) is 56.0 Å². The number of halogens is 1. The number of amides is 1. The van der Waals surface area contributed by atoms with Crippen molar-refractivity contribution in [3.63, 3.8) is 0 Å². The number of benzene rings is 2.